The molecular weight excluding hydrogens is 244 g/mol. The van der Waals surface area contributed by atoms with Gasteiger partial charge >= 0.3 is 0 Å². The van der Waals surface area contributed by atoms with Crippen LogP contribution in [0.3, 0.4) is 0 Å². The van der Waals surface area contributed by atoms with Crippen molar-refractivity contribution in [2.45, 2.75) is 12.5 Å². The summed E-state index contributed by atoms with van der Waals surface area (Å²) in [7, 11) is 4.89. The molecule has 2 atom stereocenters. The molecule has 1 aromatic rings. The molecule has 0 amide bonds. The van der Waals surface area contributed by atoms with Crippen molar-refractivity contribution < 1.29 is 14.2 Å². The maximum Gasteiger partial charge on any atom is 0.131 e. The van der Waals surface area contributed by atoms with Crippen LogP contribution in [0.1, 0.15) is 18.0 Å². The van der Waals surface area contributed by atoms with Crippen LogP contribution in [0.4, 0.5) is 0 Å². The Balaban J connectivity index is 2.40. The van der Waals surface area contributed by atoms with Crippen molar-refractivity contribution in [3.8, 4) is 17.2 Å². The number of methoxy groups -OCH3 is 3. The first-order valence-electron chi connectivity index (χ1n) is 6.47. The zero-order chi connectivity index (χ0) is 13.8. The number of nitrogens with two attached hydrogens (primary N) is 1. The Morgan fingerprint density at radius 2 is 1.79 bits per heavy atom. The summed E-state index contributed by atoms with van der Waals surface area (Å²) in [5.74, 6) is 2.54. The Hall–Kier alpha value is -1.46. The van der Waals surface area contributed by atoms with Gasteiger partial charge in [0.2, 0.25) is 0 Å². The zero-order valence-corrected chi connectivity index (χ0v) is 11.7. The Bertz CT molecular complexity index is 406. The number of rotatable bonds is 5. The van der Waals surface area contributed by atoms with Crippen LogP contribution in [0.25, 0.3) is 0 Å². The number of hydrogen-bond acceptors (Lipinski definition) is 5. The van der Waals surface area contributed by atoms with Crippen molar-refractivity contribution >= 4 is 0 Å². The number of hydrogen-bond donors (Lipinski definition) is 2. The fourth-order valence-corrected chi connectivity index (χ4v) is 2.58. The molecule has 0 aliphatic carbocycles. The van der Waals surface area contributed by atoms with Gasteiger partial charge in [0.15, 0.2) is 0 Å². The van der Waals surface area contributed by atoms with Crippen LogP contribution in [-0.4, -0.2) is 34.4 Å². The molecule has 0 radical (unpaired) electrons. The fourth-order valence-electron chi connectivity index (χ4n) is 2.58. The van der Waals surface area contributed by atoms with E-state index in [4.69, 9.17) is 19.9 Å². The van der Waals surface area contributed by atoms with Crippen LogP contribution < -0.4 is 25.3 Å². The van der Waals surface area contributed by atoms with Gasteiger partial charge in [0, 0.05) is 18.2 Å². The summed E-state index contributed by atoms with van der Waals surface area (Å²) in [5, 5.41) is 3.33. The molecule has 1 heterocycles. The van der Waals surface area contributed by atoms with Gasteiger partial charge in [-0.1, -0.05) is 0 Å². The third-order valence-electron chi connectivity index (χ3n) is 3.69. The molecule has 0 aromatic heterocycles. The lowest BCUT2D eigenvalue weighted by molar-refractivity contribution is 0.351. The van der Waals surface area contributed by atoms with Gasteiger partial charge in [0.05, 0.1) is 26.9 Å². The van der Waals surface area contributed by atoms with E-state index in [1.165, 1.54) is 0 Å². The average molecular weight is 266 g/mol. The predicted molar refractivity (Wildman–Crippen MR) is 74.0 cm³/mol. The number of benzene rings is 1. The van der Waals surface area contributed by atoms with E-state index in [-0.39, 0.29) is 6.04 Å². The third kappa shape index (κ3) is 2.77. The van der Waals surface area contributed by atoms with E-state index in [1.807, 2.05) is 12.1 Å². The smallest absolute Gasteiger partial charge is 0.131 e. The normalized spacial score (nSPS) is 20.1. The summed E-state index contributed by atoms with van der Waals surface area (Å²) in [4.78, 5) is 0. The molecule has 5 nitrogen and oxygen atoms in total. The third-order valence-corrected chi connectivity index (χ3v) is 3.69. The van der Waals surface area contributed by atoms with Crippen molar-refractivity contribution in [3.63, 3.8) is 0 Å². The van der Waals surface area contributed by atoms with Crippen molar-refractivity contribution in [3.05, 3.63) is 17.7 Å². The molecular formula is C14H22N2O3. The Labute approximate surface area is 114 Å². The molecule has 0 saturated carbocycles. The molecule has 0 bridgehead atoms. The summed E-state index contributed by atoms with van der Waals surface area (Å²) < 4.78 is 16.1. The Kier molecular flexibility index (Phi) is 4.50. The largest absolute Gasteiger partial charge is 0.496 e. The lowest BCUT2D eigenvalue weighted by Gasteiger charge is -2.23. The number of ether oxygens (including phenoxy) is 3. The van der Waals surface area contributed by atoms with E-state index in [9.17, 15) is 0 Å². The highest BCUT2D eigenvalue weighted by atomic mass is 16.5. The van der Waals surface area contributed by atoms with Crippen LogP contribution in [0, 0.1) is 5.92 Å². The molecule has 106 valence electrons. The minimum Gasteiger partial charge on any atom is -0.496 e. The first-order valence-corrected chi connectivity index (χ1v) is 6.47. The molecule has 2 rings (SSSR count). The maximum absolute atomic E-state index is 6.40. The summed E-state index contributed by atoms with van der Waals surface area (Å²) in [6, 6.07) is 3.59. The van der Waals surface area contributed by atoms with Crippen LogP contribution in [0.15, 0.2) is 12.1 Å². The number of nitrogens with one attached hydrogen (secondary N) is 1. The van der Waals surface area contributed by atoms with Crippen LogP contribution >= 0.6 is 0 Å². The molecule has 19 heavy (non-hydrogen) atoms. The van der Waals surface area contributed by atoms with E-state index in [0.717, 1.165) is 36.6 Å². The molecule has 1 fully saturated rings. The molecule has 1 aliphatic heterocycles. The molecule has 1 aliphatic rings. The highest BCUT2D eigenvalue weighted by Gasteiger charge is 2.28. The average Bonchev–Trinajstić information content (AvgIpc) is 2.99. The summed E-state index contributed by atoms with van der Waals surface area (Å²) in [6.45, 7) is 1.94. The van der Waals surface area contributed by atoms with Crippen molar-refractivity contribution in [1.82, 2.24) is 5.32 Å². The quantitative estimate of drug-likeness (QED) is 0.841. The lowest BCUT2D eigenvalue weighted by atomic mass is 9.91. The second-order valence-electron chi connectivity index (χ2n) is 4.72. The summed E-state index contributed by atoms with van der Waals surface area (Å²) in [6.07, 6.45) is 1.07. The van der Waals surface area contributed by atoms with Gasteiger partial charge in [-0.05, 0) is 25.4 Å². The standard InChI is InChI=1S/C14H22N2O3/c1-17-10-6-11(18-2)13(12(7-10)19-3)14(15)9-4-5-16-8-9/h6-7,9,14,16H,4-5,8,15H2,1-3H3. The van der Waals surface area contributed by atoms with Gasteiger partial charge in [-0.3, -0.25) is 0 Å². The Morgan fingerprint density at radius 3 is 2.21 bits per heavy atom. The fraction of sp³-hybridized carbons (Fsp3) is 0.571. The molecule has 3 N–H and O–H groups in total. The molecule has 1 saturated heterocycles. The molecule has 2 unspecified atom stereocenters. The van der Waals surface area contributed by atoms with Crippen LogP contribution in [-0.2, 0) is 0 Å². The van der Waals surface area contributed by atoms with E-state index in [2.05, 4.69) is 5.32 Å². The second-order valence-corrected chi connectivity index (χ2v) is 4.72. The highest BCUT2D eigenvalue weighted by molar-refractivity contribution is 5.52. The van der Waals surface area contributed by atoms with Gasteiger partial charge in [-0.2, -0.15) is 0 Å². The van der Waals surface area contributed by atoms with Crippen LogP contribution in [0.5, 0.6) is 17.2 Å². The molecule has 0 spiro atoms. The van der Waals surface area contributed by atoms with Gasteiger partial charge in [-0.25, -0.2) is 0 Å². The van der Waals surface area contributed by atoms with Gasteiger partial charge in [0.1, 0.15) is 17.2 Å². The summed E-state index contributed by atoms with van der Waals surface area (Å²) >= 11 is 0. The second kappa shape index (κ2) is 6.12. The topological polar surface area (TPSA) is 65.7 Å². The first-order chi connectivity index (χ1) is 9.21. The lowest BCUT2D eigenvalue weighted by Crippen LogP contribution is -2.24. The van der Waals surface area contributed by atoms with E-state index in [0.29, 0.717) is 11.7 Å². The van der Waals surface area contributed by atoms with E-state index in [1.54, 1.807) is 21.3 Å². The predicted octanol–water partition coefficient (Wildman–Crippen LogP) is 1.32. The highest BCUT2D eigenvalue weighted by Crippen LogP contribution is 2.40. The Morgan fingerprint density at radius 1 is 1.16 bits per heavy atom. The first kappa shape index (κ1) is 14.0. The van der Waals surface area contributed by atoms with Crippen LogP contribution in [0.2, 0.25) is 0 Å². The maximum atomic E-state index is 6.40. The van der Waals surface area contributed by atoms with E-state index >= 15 is 0 Å². The van der Waals surface area contributed by atoms with Crippen molar-refractivity contribution in [1.29, 1.82) is 0 Å². The monoisotopic (exact) mass is 266 g/mol. The molecule has 1 aromatic carbocycles. The van der Waals surface area contributed by atoms with E-state index < -0.39 is 0 Å². The zero-order valence-electron chi connectivity index (χ0n) is 11.7. The summed E-state index contributed by atoms with van der Waals surface area (Å²) in [5.41, 5.74) is 7.32. The SMILES string of the molecule is COc1cc(OC)c(C(N)C2CCNC2)c(OC)c1. The van der Waals surface area contributed by atoms with Gasteiger partial charge in [-0.15, -0.1) is 0 Å². The molecule has 5 heteroatoms. The minimum atomic E-state index is -0.106. The van der Waals surface area contributed by atoms with Crippen molar-refractivity contribution in [2.24, 2.45) is 11.7 Å². The van der Waals surface area contributed by atoms with Gasteiger partial charge in [0.25, 0.3) is 0 Å². The van der Waals surface area contributed by atoms with Crippen molar-refractivity contribution in [2.75, 3.05) is 34.4 Å². The van der Waals surface area contributed by atoms with Gasteiger partial charge < -0.3 is 25.3 Å². The minimum absolute atomic E-state index is 0.106.